The molecule has 0 bridgehead atoms. The maximum atomic E-state index is 6.26. The highest BCUT2D eigenvalue weighted by Gasteiger charge is 2.47. The van der Waals surface area contributed by atoms with Crippen LogP contribution in [0, 0.1) is 5.92 Å². The van der Waals surface area contributed by atoms with Gasteiger partial charge in [0.15, 0.2) is 0 Å². The summed E-state index contributed by atoms with van der Waals surface area (Å²) < 4.78 is 6.26. The zero-order valence-corrected chi connectivity index (χ0v) is 8.46. The van der Waals surface area contributed by atoms with E-state index in [4.69, 9.17) is 4.74 Å². The first-order chi connectivity index (χ1) is 6.27. The molecule has 3 fully saturated rings. The van der Waals surface area contributed by atoms with Gasteiger partial charge < -0.3 is 9.64 Å². The smallest absolute Gasteiger partial charge is 0.0824 e. The van der Waals surface area contributed by atoms with E-state index in [-0.39, 0.29) is 5.60 Å². The zero-order chi connectivity index (χ0) is 8.89. The molecule has 0 amide bonds. The molecule has 1 spiro atoms. The molecule has 74 valence electrons. The summed E-state index contributed by atoms with van der Waals surface area (Å²) in [7, 11) is 2.21. The minimum atomic E-state index is 0.274. The normalized spacial score (nSPS) is 50.5. The monoisotopic (exact) mass is 181 g/mol. The lowest BCUT2D eigenvalue weighted by Gasteiger charge is -2.48. The van der Waals surface area contributed by atoms with E-state index in [1.807, 2.05) is 0 Å². The van der Waals surface area contributed by atoms with Crippen molar-refractivity contribution in [1.82, 2.24) is 4.90 Å². The quantitative estimate of drug-likeness (QED) is 0.563. The van der Waals surface area contributed by atoms with Crippen LogP contribution >= 0.6 is 0 Å². The third-order valence-electron chi connectivity index (χ3n) is 4.23. The fourth-order valence-corrected chi connectivity index (χ4v) is 3.20. The van der Waals surface area contributed by atoms with Gasteiger partial charge in [-0.25, -0.2) is 0 Å². The van der Waals surface area contributed by atoms with E-state index in [0.717, 1.165) is 5.92 Å². The minimum absolute atomic E-state index is 0.274. The van der Waals surface area contributed by atoms with E-state index in [9.17, 15) is 0 Å². The van der Waals surface area contributed by atoms with Gasteiger partial charge in [0, 0.05) is 13.1 Å². The number of nitrogens with zero attached hydrogens (tertiary/aromatic N) is 1. The van der Waals surface area contributed by atoms with Gasteiger partial charge in [-0.2, -0.15) is 0 Å². The van der Waals surface area contributed by atoms with Crippen molar-refractivity contribution >= 4 is 0 Å². The Labute approximate surface area is 80.2 Å². The molecule has 2 heterocycles. The maximum absolute atomic E-state index is 6.26. The average molecular weight is 181 g/mol. The minimum Gasteiger partial charge on any atom is -0.370 e. The first kappa shape index (κ1) is 8.25. The molecular formula is C11H19NO. The lowest BCUT2D eigenvalue weighted by molar-refractivity contribution is -0.181. The van der Waals surface area contributed by atoms with Crippen LogP contribution in [0.5, 0.6) is 0 Å². The molecular weight excluding hydrogens is 162 g/mol. The first-order valence-corrected chi connectivity index (χ1v) is 5.64. The maximum Gasteiger partial charge on any atom is 0.0824 e. The van der Waals surface area contributed by atoms with Crippen molar-refractivity contribution in [2.24, 2.45) is 5.92 Å². The van der Waals surface area contributed by atoms with Crippen molar-refractivity contribution in [3.05, 3.63) is 0 Å². The van der Waals surface area contributed by atoms with Crippen molar-refractivity contribution < 1.29 is 4.74 Å². The molecule has 1 saturated carbocycles. The molecule has 0 N–H and O–H groups in total. The summed E-state index contributed by atoms with van der Waals surface area (Å²) in [5.74, 6) is 0.927. The fourth-order valence-electron chi connectivity index (χ4n) is 3.20. The molecule has 0 aromatic carbocycles. The Morgan fingerprint density at radius 2 is 2.15 bits per heavy atom. The number of hydrogen-bond donors (Lipinski definition) is 0. The Balaban J connectivity index is 1.71. The number of ether oxygens (including phenoxy) is 1. The molecule has 0 radical (unpaired) electrons. The summed E-state index contributed by atoms with van der Waals surface area (Å²) in [4.78, 5) is 2.42. The van der Waals surface area contributed by atoms with Gasteiger partial charge in [-0.15, -0.1) is 0 Å². The molecule has 2 saturated heterocycles. The SMILES string of the molecule is CN1CCC2(CCC3CCC3O2)C1. The van der Waals surface area contributed by atoms with Crippen LogP contribution in [-0.4, -0.2) is 36.7 Å². The van der Waals surface area contributed by atoms with Crippen LogP contribution in [0.2, 0.25) is 0 Å². The number of rotatable bonds is 0. The van der Waals surface area contributed by atoms with E-state index in [0.29, 0.717) is 6.10 Å². The van der Waals surface area contributed by atoms with Gasteiger partial charge in [-0.3, -0.25) is 0 Å². The Bertz CT molecular complexity index is 218. The summed E-state index contributed by atoms with van der Waals surface area (Å²) in [6, 6.07) is 0. The van der Waals surface area contributed by atoms with Crippen LogP contribution in [0.15, 0.2) is 0 Å². The third-order valence-corrected chi connectivity index (χ3v) is 4.23. The highest BCUT2D eigenvalue weighted by Crippen LogP contribution is 2.46. The summed E-state index contributed by atoms with van der Waals surface area (Å²) in [5, 5.41) is 0. The molecule has 1 aliphatic carbocycles. The topological polar surface area (TPSA) is 12.5 Å². The van der Waals surface area contributed by atoms with Gasteiger partial charge in [0.05, 0.1) is 11.7 Å². The largest absolute Gasteiger partial charge is 0.370 e. The molecule has 13 heavy (non-hydrogen) atoms. The van der Waals surface area contributed by atoms with Crippen LogP contribution in [0.1, 0.15) is 32.1 Å². The van der Waals surface area contributed by atoms with Crippen LogP contribution in [0.25, 0.3) is 0 Å². The molecule has 2 nitrogen and oxygen atoms in total. The number of likely N-dealkylation sites (tertiary alicyclic amines) is 1. The molecule has 3 unspecified atom stereocenters. The van der Waals surface area contributed by atoms with Gasteiger partial charge in [0.1, 0.15) is 0 Å². The molecule has 3 atom stereocenters. The summed E-state index contributed by atoms with van der Waals surface area (Å²) in [5.41, 5.74) is 0.274. The standard InChI is InChI=1S/C11H19NO/c1-12-7-6-11(8-12)5-4-9-2-3-10(9)13-11/h9-10H,2-8H2,1H3. The predicted octanol–water partition coefficient (Wildman–Crippen LogP) is 1.65. The Kier molecular flexibility index (Phi) is 1.72. The Morgan fingerprint density at radius 1 is 1.23 bits per heavy atom. The van der Waals surface area contributed by atoms with E-state index in [2.05, 4.69) is 11.9 Å². The fraction of sp³-hybridized carbons (Fsp3) is 1.00. The highest BCUT2D eigenvalue weighted by molar-refractivity contribution is 4.99. The molecule has 3 aliphatic rings. The predicted molar refractivity (Wildman–Crippen MR) is 51.7 cm³/mol. The van der Waals surface area contributed by atoms with Crippen LogP contribution in [-0.2, 0) is 4.74 Å². The van der Waals surface area contributed by atoms with Crippen LogP contribution in [0.3, 0.4) is 0 Å². The van der Waals surface area contributed by atoms with Gasteiger partial charge >= 0.3 is 0 Å². The second kappa shape index (κ2) is 2.71. The Morgan fingerprint density at radius 3 is 2.69 bits per heavy atom. The van der Waals surface area contributed by atoms with Gasteiger partial charge in [0.25, 0.3) is 0 Å². The van der Waals surface area contributed by atoms with Gasteiger partial charge in [0.2, 0.25) is 0 Å². The van der Waals surface area contributed by atoms with Crippen molar-refractivity contribution in [3.63, 3.8) is 0 Å². The zero-order valence-electron chi connectivity index (χ0n) is 8.46. The lowest BCUT2D eigenvalue weighted by Crippen LogP contribution is -2.50. The van der Waals surface area contributed by atoms with Crippen LogP contribution < -0.4 is 0 Å². The summed E-state index contributed by atoms with van der Waals surface area (Å²) in [6.07, 6.45) is 7.41. The van der Waals surface area contributed by atoms with Gasteiger partial charge in [-0.05, 0) is 45.1 Å². The van der Waals surface area contributed by atoms with E-state index in [1.54, 1.807) is 0 Å². The van der Waals surface area contributed by atoms with Crippen LogP contribution in [0.4, 0.5) is 0 Å². The lowest BCUT2D eigenvalue weighted by atomic mass is 9.73. The number of fused-ring (bicyclic) bond motifs is 1. The third kappa shape index (κ3) is 1.23. The highest BCUT2D eigenvalue weighted by atomic mass is 16.5. The second-order valence-electron chi connectivity index (χ2n) is 5.20. The van der Waals surface area contributed by atoms with E-state index >= 15 is 0 Å². The van der Waals surface area contributed by atoms with E-state index < -0.39 is 0 Å². The summed E-state index contributed by atoms with van der Waals surface area (Å²) in [6.45, 7) is 2.41. The average Bonchev–Trinajstić information content (AvgIpc) is 2.41. The van der Waals surface area contributed by atoms with Crippen molar-refractivity contribution in [1.29, 1.82) is 0 Å². The molecule has 2 heteroatoms. The second-order valence-corrected chi connectivity index (χ2v) is 5.20. The molecule has 2 aliphatic heterocycles. The Hall–Kier alpha value is -0.0800. The molecule has 0 aromatic rings. The van der Waals surface area contributed by atoms with E-state index in [1.165, 1.54) is 45.2 Å². The first-order valence-electron chi connectivity index (χ1n) is 5.64. The molecule has 0 aromatic heterocycles. The van der Waals surface area contributed by atoms with Gasteiger partial charge in [-0.1, -0.05) is 0 Å². The van der Waals surface area contributed by atoms with Crippen molar-refractivity contribution in [2.75, 3.05) is 20.1 Å². The van der Waals surface area contributed by atoms with Crippen molar-refractivity contribution in [2.45, 2.75) is 43.8 Å². The number of likely N-dealkylation sites (N-methyl/N-ethyl adjacent to an activating group) is 1. The van der Waals surface area contributed by atoms with Crippen molar-refractivity contribution in [3.8, 4) is 0 Å². The summed E-state index contributed by atoms with van der Waals surface area (Å²) >= 11 is 0. The molecule has 3 rings (SSSR count). The number of hydrogen-bond acceptors (Lipinski definition) is 2.